The molecule has 3 aromatic rings. The van der Waals surface area contributed by atoms with Crippen molar-refractivity contribution in [1.29, 1.82) is 0 Å². The molecule has 1 atom stereocenters. The summed E-state index contributed by atoms with van der Waals surface area (Å²) in [5.74, 6) is -0.700. The van der Waals surface area contributed by atoms with E-state index in [-0.39, 0.29) is 11.8 Å². The Labute approximate surface area is 175 Å². The molecule has 150 valence electrons. The Bertz CT molecular complexity index is 1020. The number of carbonyl (C=O) groups is 2. The molecule has 0 bridgehead atoms. The highest BCUT2D eigenvalue weighted by atomic mass is 32.1. The van der Waals surface area contributed by atoms with E-state index in [1.807, 2.05) is 61.7 Å². The number of thiophene rings is 1. The number of carbonyl (C=O) groups excluding carboxylic acids is 2. The fourth-order valence-corrected chi connectivity index (χ4v) is 4.29. The van der Waals surface area contributed by atoms with Gasteiger partial charge in [0.1, 0.15) is 0 Å². The number of primary amides is 1. The molecule has 3 rings (SSSR count). The number of nitrogens with two attached hydrogens (primary N) is 1. The van der Waals surface area contributed by atoms with Crippen LogP contribution in [0.4, 0.5) is 5.69 Å². The van der Waals surface area contributed by atoms with Crippen LogP contribution in [0.3, 0.4) is 0 Å². The van der Waals surface area contributed by atoms with Gasteiger partial charge in [-0.3, -0.25) is 9.59 Å². The van der Waals surface area contributed by atoms with E-state index < -0.39 is 5.91 Å². The first-order chi connectivity index (χ1) is 13.9. The monoisotopic (exact) mass is 406 g/mol. The Morgan fingerprint density at radius 1 is 1.07 bits per heavy atom. The fourth-order valence-electron chi connectivity index (χ4n) is 3.41. The van der Waals surface area contributed by atoms with Crippen molar-refractivity contribution in [2.24, 2.45) is 11.7 Å². The van der Waals surface area contributed by atoms with Gasteiger partial charge in [-0.15, -0.1) is 11.3 Å². The molecule has 1 unspecified atom stereocenters. The molecule has 0 saturated carbocycles. The Balaban J connectivity index is 1.83. The number of amides is 2. The summed E-state index contributed by atoms with van der Waals surface area (Å²) in [6.45, 7) is 6.10. The third kappa shape index (κ3) is 4.74. The zero-order chi connectivity index (χ0) is 21.0. The van der Waals surface area contributed by atoms with Crippen molar-refractivity contribution in [3.05, 3.63) is 75.5 Å². The molecule has 3 N–H and O–H groups in total. The summed E-state index contributed by atoms with van der Waals surface area (Å²) in [6, 6.07) is 15.4. The summed E-state index contributed by atoms with van der Waals surface area (Å²) in [4.78, 5) is 26.1. The average Bonchev–Trinajstić information content (AvgIpc) is 3.05. The van der Waals surface area contributed by atoms with Gasteiger partial charge < -0.3 is 11.1 Å². The first-order valence-corrected chi connectivity index (χ1v) is 10.6. The van der Waals surface area contributed by atoms with Gasteiger partial charge in [-0.05, 0) is 66.5 Å². The first-order valence-electron chi connectivity index (χ1n) is 9.74. The van der Waals surface area contributed by atoms with Crippen molar-refractivity contribution >= 4 is 28.8 Å². The van der Waals surface area contributed by atoms with Crippen molar-refractivity contribution in [2.45, 2.75) is 33.6 Å². The van der Waals surface area contributed by atoms with E-state index in [1.54, 1.807) is 17.4 Å². The van der Waals surface area contributed by atoms with Gasteiger partial charge in [0.25, 0.3) is 0 Å². The van der Waals surface area contributed by atoms with Gasteiger partial charge in [0.2, 0.25) is 11.8 Å². The number of benzene rings is 2. The minimum Gasteiger partial charge on any atom is -0.366 e. The van der Waals surface area contributed by atoms with Crippen LogP contribution in [0.2, 0.25) is 0 Å². The van der Waals surface area contributed by atoms with Crippen LogP contribution in [-0.2, 0) is 11.2 Å². The predicted molar refractivity (Wildman–Crippen MR) is 120 cm³/mol. The molecular formula is C24H26N2O2S. The van der Waals surface area contributed by atoms with Crippen molar-refractivity contribution in [1.82, 2.24) is 0 Å². The molecule has 0 saturated heterocycles. The molecule has 0 aliphatic rings. The standard InChI is InChI=1S/C24H26N2O2S/c1-4-18(12-17-8-6-5-7-9-17)24(28)26-19-10-11-20(21(13-19)23(25)27)22-14-29-16(3)15(22)2/h5-11,13-14,18H,4,12H2,1-3H3,(H2,25,27)(H,26,28). The summed E-state index contributed by atoms with van der Waals surface area (Å²) >= 11 is 1.65. The van der Waals surface area contributed by atoms with Crippen LogP contribution >= 0.6 is 11.3 Å². The molecule has 5 heteroatoms. The molecule has 0 radical (unpaired) electrons. The summed E-state index contributed by atoms with van der Waals surface area (Å²) < 4.78 is 0. The molecule has 1 aromatic heterocycles. The summed E-state index contributed by atoms with van der Waals surface area (Å²) in [5.41, 5.74) is 10.7. The maximum Gasteiger partial charge on any atom is 0.249 e. The molecular weight excluding hydrogens is 380 g/mol. The van der Waals surface area contributed by atoms with E-state index in [0.717, 1.165) is 28.7 Å². The van der Waals surface area contributed by atoms with Crippen LogP contribution in [0.25, 0.3) is 11.1 Å². The van der Waals surface area contributed by atoms with E-state index in [0.29, 0.717) is 17.7 Å². The molecule has 1 heterocycles. The lowest BCUT2D eigenvalue weighted by Gasteiger charge is -2.16. The topological polar surface area (TPSA) is 72.2 Å². The van der Waals surface area contributed by atoms with Gasteiger partial charge >= 0.3 is 0 Å². The van der Waals surface area contributed by atoms with Gasteiger partial charge in [-0.1, -0.05) is 43.3 Å². The van der Waals surface area contributed by atoms with Crippen molar-refractivity contribution < 1.29 is 9.59 Å². The lowest BCUT2D eigenvalue weighted by atomic mass is 9.95. The first kappa shape index (κ1) is 20.8. The summed E-state index contributed by atoms with van der Waals surface area (Å²) in [6.07, 6.45) is 1.41. The van der Waals surface area contributed by atoms with Crippen LogP contribution < -0.4 is 11.1 Å². The van der Waals surface area contributed by atoms with Crippen LogP contribution in [-0.4, -0.2) is 11.8 Å². The second kappa shape index (κ2) is 9.05. The van der Waals surface area contributed by atoms with Gasteiger partial charge in [-0.2, -0.15) is 0 Å². The smallest absolute Gasteiger partial charge is 0.249 e. The highest BCUT2D eigenvalue weighted by Crippen LogP contribution is 2.34. The van der Waals surface area contributed by atoms with Gasteiger partial charge in [0.15, 0.2) is 0 Å². The zero-order valence-electron chi connectivity index (χ0n) is 17.0. The molecule has 0 spiro atoms. The largest absolute Gasteiger partial charge is 0.366 e. The summed E-state index contributed by atoms with van der Waals surface area (Å²) in [7, 11) is 0. The number of hydrogen-bond acceptors (Lipinski definition) is 3. The fraction of sp³-hybridized carbons (Fsp3) is 0.250. The highest BCUT2D eigenvalue weighted by molar-refractivity contribution is 7.10. The third-order valence-corrected chi connectivity index (χ3v) is 6.33. The second-order valence-electron chi connectivity index (χ2n) is 7.24. The normalized spacial score (nSPS) is 11.8. The number of rotatable bonds is 7. The van der Waals surface area contributed by atoms with Crippen LogP contribution in [0.1, 0.15) is 39.7 Å². The maximum atomic E-state index is 12.8. The Morgan fingerprint density at radius 3 is 2.38 bits per heavy atom. The second-order valence-corrected chi connectivity index (χ2v) is 8.32. The Hall–Kier alpha value is -2.92. The SMILES string of the molecule is CCC(Cc1ccccc1)C(=O)Nc1ccc(-c2csc(C)c2C)c(C(N)=O)c1. The van der Waals surface area contributed by atoms with E-state index in [2.05, 4.69) is 12.2 Å². The molecule has 4 nitrogen and oxygen atoms in total. The minimum atomic E-state index is -0.504. The predicted octanol–water partition coefficient (Wildman–Crippen LogP) is 5.34. The molecule has 0 aliphatic heterocycles. The zero-order valence-corrected chi connectivity index (χ0v) is 17.8. The average molecular weight is 407 g/mol. The molecule has 0 fully saturated rings. The number of nitrogens with one attached hydrogen (secondary N) is 1. The van der Waals surface area contributed by atoms with Crippen molar-refractivity contribution in [3.8, 4) is 11.1 Å². The van der Waals surface area contributed by atoms with E-state index in [1.165, 1.54) is 4.88 Å². The van der Waals surface area contributed by atoms with Crippen molar-refractivity contribution in [2.75, 3.05) is 5.32 Å². The van der Waals surface area contributed by atoms with Gasteiger partial charge in [0.05, 0.1) is 0 Å². The molecule has 29 heavy (non-hydrogen) atoms. The molecule has 0 aliphatic carbocycles. The number of anilines is 1. The number of hydrogen-bond donors (Lipinski definition) is 2. The van der Waals surface area contributed by atoms with E-state index in [4.69, 9.17) is 5.73 Å². The maximum absolute atomic E-state index is 12.8. The van der Waals surface area contributed by atoms with E-state index in [9.17, 15) is 9.59 Å². The van der Waals surface area contributed by atoms with Crippen molar-refractivity contribution in [3.63, 3.8) is 0 Å². The van der Waals surface area contributed by atoms with Gasteiger partial charge in [0, 0.05) is 22.0 Å². The van der Waals surface area contributed by atoms with Crippen LogP contribution in [0.15, 0.2) is 53.9 Å². The lowest BCUT2D eigenvalue weighted by molar-refractivity contribution is -0.119. The molecule has 2 aromatic carbocycles. The minimum absolute atomic E-state index is 0.0536. The molecule has 2 amide bonds. The van der Waals surface area contributed by atoms with Crippen LogP contribution in [0, 0.1) is 19.8 Å². The number of aryl methyl sites for hydroxylation is 1. The lowest BCUT2D eigenvalue weighted by Crippen LogP contribution is -2.24. The highest BCUT2D eigenvalue weighted by Gasteiger charge is 2.19. The quantitative estimate of drug-likeness (QED) is 0.556. The third-order valence-electron chi connectivity index (χ3n) is 5.32. The van der Waals surface area contributed by atoms with E-state index >= 15 is 0 Å². The summed E-state index contributed by atoms with van der Waals surface area (Å²) in [5, 5.41) is 5.00. The Kier molecular flexibility index (Phi) is 6.49. The Morgan fingerprint density at radius 2 is 1.79 bits per heavy atom. The van der Waals surface area contributed by atoms with Gasteiger partial charge in [-0.25, -0.2) is 0 Å². The van der Waals surface area contributed by atoms with Crippen LogP contribution in [0.5, 0.6) is 0 Å².